The third-order valence-electron chi connectivity index (χ3n) is 5.90. The summed E-state index contributed by atoms with van der Waals surface area (Å²) in [5.74, 6) is 4.00. The molecule has 1 aromatic heterocycles. The quantitative estimate of drug-likeness (QED) is 0.445. The lowest BCUT2D eigenvalue weighted by molar-refractivity contribution is -0.128. The Bertz CT molecular complexity index is 1090. The van der Waals surface area contributed by atoms with Crippen molar-refractivity contribution in [1.82, 2.24) is 15.1 Å². The fourth-order valence-corrected chi connectivity index (χ4v) is 4.87. The van der Waals surface area contributed by atoms with Gasteiger partial charge < -0.3 is 24.0 Å². The molecule has 1 aliphatic rings. The van der Waals surface area contributed by atoms with Crippen LogP contribution >= 0.6 is 11.8 Å². The highest BCUT2D eigenvalue weighted by molar-refractivity contribution is 7.99. The van der Waals surface area contributed by atoms with Gasteiger partial charge in [-0.05, 0) is 29.8 Å². The van der Waals surface area contributed by atoms with Crippen LogP contribution in [0.5, 0.6) is 17.2 Å². The monoisotopic (exact) mass is 494 g/mol. The van der Waals surface area contributed by atoms with Gasteiger partial charge in [0.25, 0.3) is 0 Å². The van der Waals surface area contributed by atoms with E-state index in [4.69, 9.17) is 14.2 Å². The average Bonchev–Trinajstić information content (AvgIpc) is 2.93. The van der Waals surface area contributed by atoms with Gasteiger partial charge in [-0.15, -0.1) is 22.0 Å². The van der Waals surface area contributed by atoms with E-state index < -0.39 is 0 Å². The molecule has 0 aliphatic carbocycles. The van der Waals surface area contributed by atoms with Crippen LogP contribution in [0.1, 0.15) is 5.56 Å². The topological polar surface area (TPSA) is 77.0 Å². The summed E-state index contributed by atoms with van der Waals surface area (Å²) < 4.78 is 16.3. The van der Waals surface area contributed by atoms with Gasteiger partial charge in [0.1, 0.15) is 0 Å². The number of methoxy groups -OCH3 is 3. The van der Waals surface area contributed by atoms with Crippen molar-refractivity contribution >= 4 is 23.5 Å². The average molecular weight is 495 g/mol. The van der Waals surface area contributed by atoms with E-state index in [2.05, 4.69) is 27.2 Å². The molecule has 8 nitrogen and oxygen atoms in total. The Hall–Kier alpha value is -3.46. The maximum atomic E-state index is 12.6. The number of carbonyl (C=O) groups excluding carboxylic acids is 1. The van der Waals surface area contributed by atoms with E-state index in [-0.39, 0.29) is 5.91 Å². The molecule has 0 unspecified atom stereocenters. The SMILES string of the molecule is COc1cc(-c2ccc(N3CCN(C(=O)CSCc4ccccc4)CC3)nn2)cc(OC)c1OC. The molecule has 35 heavy (non-hydrogen) atoms. The van der Waals surface area contributed by atoms with E-state index >= 15 is 0 Å². The normalized spacial score (nSPS) is 13.5. The second-order valence-corrected chi connectivity index (χ2v) is 9.02. The minimum Gasteiger partial charge on any atom is -0.493 e. The minimum atomic E-state index is 0.189. The first kappa shape index (κ1) is 24.7. The van der Waals surface area contributed by atoms with E-state index in [1.165, 1.54) is 5.56 Å². The third kappa shape index (κ3) is 5.97. The third-order valence-corrected chi connectivity index (χ3v) is 6.89. The number of hydrogen-bond acceptors (Lipinski definition) is 8. The molecule has 3 aromatic rings. The molecule has 0 bridgehead atoms. The number of aromatic nitrogens is 2. The number of hydrogen-bond donors (Lipinski definition) is 0. The Balaban J connectivity index is 1.32. The molecule has 1 amide bonds. The maximum absolute atomic E-state index is 12.6. The van der Waals surface area contributed by atoms with E-state index in [9.17, 15) is 4.79 Å². The zero-order valence-electron chi connectivity index (χ0n) is 20.3. The van der Waals surface area contributed by atoms with Gasteiger partial charge in [-0.1, -0.05) is 30.3 Å². The summed E-state index contributed by atoms with van der Waals surface area (Å²) in [5, 5.41) is 8.87. The Morgan fingerprint density at radius 3 is 2.14 bits per heavy atom. The minimum absolute atomic E-state index is 0.189. The smallest absolute Gasteiger partial charge is 0.232 e. The summed E-state index contributed by atoms with van der Waals surface area (Å²) in [6.07, 6.45) is 0. The van der Waals surface area contributed by atoms with E-state index in [0.29, 0.717) is 41.8 Å². The Morgan fingerprint density at radius 2 is 1.57 bits per heavy atom. The van der Waals surface area contributed by atoms with Gasteiger partial charge >= 0.3 is 0 Å². The van der Waals surface area contributed by atoms with Gasteiger partial charge in [0, 0.05) is 37.5 Å². The summed E-state index contributed by atoms with van der Waals surface area (Å²) >= 11 is 1.66. The number of thioether (sulfide) groups is 1. The van der Waals surface area contributed by atoms with Crippen molar-refractivity contribution in [3.8, 4) is 28.5 Å². The number of benzene rings is 2. The van der Waals surface area contributed by atoms with E-state index in [0.717, 1.165) is 30.2 Å². The van der Waals surface area contributed by atoms with Crippen molar-refractivity contribution in [2.75, 3.05) is 58.2 Å². The molecule has 4 rings (SSSR count). The summed E-state index contributed by atoms with van der Waals surface area (Å²) in [6, 6.07) is 17.8. The standard InChI is InChI=1S/C26H30N4O4S/c1-32-22-15-20(16-23(33-2)26(22)34-3)21-9-10-24(28-27-21)29-11-13-30(14-12-29)25(31)18-35-17-19-7-5-4-6-8-19/h4-10,15-16H,11-14,17-18H2,1-3H3. The zero-order chi connectivity index (χ0) is 24.6. The molecule has 0 spiro atoms. The lowest BCUT2D eigenvalue weighted by atomic mass is 10.1. The molecule has 1 aliphatic heterocycles. The number of carbonyl (C=O) groups is 1. The van der Waals surface area contributed by atoms with Crippen LogP contribution < -0.4 is 19.1 Å². The van der Waals surface area contributed by atoms with Gasteiger partial charge in [0.05, 0.1) is 32.8 Å². The molecule has 9 heteroatoms. The molecule has 2 aromatic carbocycles. The van der Waals surface area contributed by atoms with Gasteiger partial charge in [-0.3, -0.25) is 4.79 Å². The molecule has 2 heterocycles. The molecule has 1 fully saturated rings. The number of piperazine rings is 1. The van der Waals surface area contributed by atoms with Crippen LogP contribution in [0, 0.1) is 0 Å². The summed E-state index contributed by atoms with van der Waals surface area (Å²) in [5.41, 5.74) is 2.77. The molecule has 0 saturated carbocycles. The van der Waals surface area contributed by atoms with Crippen LogP contribution in [0.15, 0.2) is 54.6 Å². The predicted molar refractivity (Wildman–Crippen MR) is 139 cm³/mol. The fraction of sp³-hybridized carbons (Fsp3) is 0.346. The molecule has 184 valence electrons. The lowest BCUT2D eigenvalue weighted by Gasteiger charge is -2.35. The van der Waals surface area contributed by atoms with Crippen LogP contribution in [0.3, 0.4) is 0 Å². The first-order valence-electron chi connectivity index (χ1n) is 11.4. The van der Waals surface area contributed by atoms with Crippen molar-refractivity contribution in [2.24, 2.45) is 0 Å². The van der Waals surface area contributed by atoms with Crippen LogP contribution in [0.4, 0.5) is 5.82 Å². The van der Waals surface area contributed by atoms with Crippen molar-refractivity contribution in [3.05, 3.63) is 60.2 Å². The van der Waals surface area contributed by atoms with Crippen molar-refractivity contribution in [1.29, 1.82) is 0 Å². The predicted octanol–water partition coefficient (Wildman–Crippen LogP) is 3.75. The number of rotatable bonds is 9. The van der Waals surface area contributed by atoms with Crippen LogP contribution in [-0.4, -0.2) is 74.3 Å². The number of nitrogens with zero attached hydrogens (tertiary/aromatic N) is 4. The van der Waals surface area contributed by atoms with Gasteiger partial charge in [-0.2, -0.15) is 0 Å². The van der Waals surface area contributed by atoms with Crippen LogP contribution in [0.25, 0.3) is 11.3 Å². The summed E-state index contributed by atoms with van der Waals surface area (Å²) in [7, 11) is 4.75. The fourth-order valence-electron chi connectivity index (χ4n) is 3.98. The molecular formula is C26H30N4O4S. The highest BCUT2D eigenvalue weighted by Crippen LogP contribution is 2.40. The van der Waals surface area contributed by atoms with Gasteiger partial charge in [-0.25, -0.2) is 0 Å². The first-order chi connectivity index (χ1) is 17.1. The zero-order valence-corrected chi connectivity index (χ0v) is 21.1. The van der Waals surface area contributed by atoms with Crippen molar-refractivity contribution in [2.45, 2.75) is 5.75 Å². The largest absolute Gasteiger partial charge is 0.493 e. The van der Waals surface area contributed by atoms with Crippen LogP contribution in [0.2, 0.25) is 0 Å². The summed E-state index contributed by atoms with van der Waals surface area (Å²) in [4.78, 5) is 16.7. The molecule has 1 saturated heterocycles. The molecule has 0 N–H and O–H groups in total. The number of ether oxygens (including phenoxy) is 3. The van der Waals surface area contributed by atoms with E-state index in [1.54, 1.807) is 33.1 Å². The highest BCUT2D eigenvalue weighted by Gasteiger charge is 2.22. The maximum Gasteiger partial charge on any atom is 0.232 e. The van der Waals surface area contributed by atoms with Crippen molar-refractivity contribution in [3.63, 3.8) is 0 Å². The van der Waals surface area contributed by atoms with E-state index in [1.807, 2.05) is 47.4 Å². The second kappa shape index (κ2) is 11.8. The highest BCUT2D eigenvalue weighted by atomic mass is 32.2. The number of anilines is 1. The van der Waals surface area contributed by atoms with Crippen molar-refractivity contribution < 1.29 is 19.0 Å². The summed E-state index contributed by atoms with van der Waals surface area (Å²) in [6.45, 7) is 2.82. The lowest BCUT2D eigenvalue weighted by Crippen LogP contribution is -2.49. The molecular weight excluding hydrogens is 464 g/mol. The van der Waals surface area contributed by atoms with Gasteiger partial charge in [0.2, 0.25) is 11.7 Å². The Kier molecular flexibility index (Phi) is 8.31. The number of amides is 1. The van der Waals surface area contributed by atoms with Gasteiger partial charge in [0.15, 0.2) is 17.3 Å². The van der Waals surface area contributed by atoms with Crippen LogP contribution in [-0.2, 0) is 10.5 Å². The Labute approximate surface area is 210 Å². The molecule has 0 atom stereocenters. The Morgan fingerprint density at radius 1 is 0.886 bits per heavy atom. The molecule has 0 radical (unpaired) electrons. The second-order valence-electron chi connectivity index (χ2n) is 8.04. The first-order valence-corrected chi connectivity index (χ1v) is 12.6.